The van der Waals surface area contributed by atoms with Crippen molar-refractivity contribution >= 4 is 53.5 Å². The first-order chi connectivity index (χ1) is 17.5. The van der Waals surface area contributed by atoms with Crippen molar-refractivity contribution in [3.8, 4) is 0 Å². The number of nitrogens with zero attached hydrogens (tertiary/aromatic N) is 2. The highest BCUT2D eigenvalue weighted by Crippen LogP contribution is 2.43. The number of hydrogen-bond acceptors (Lipinski definition) is 7. The summed E-state index contributed by atoms with van der Waals surface area (Å²) in [6.07, 6.45) is 3.83. The SMILES string of the molecule is COC(=O)C1=C(c2ccc3ccccc3c2)C[C@@H]2CC[C@H]1N2CCCN(CCS)CC(=O)NCCS. The second-order valence-corrected chi connectivity index (χ2v) is 10.5. The van der Waals surface area contributed by atoms with Gasteiger partial charge in [-0.3, -0.25) is 14.6 Å². The summed E-state index contributed by atoms with van der Waals surface area (Å²) in [7, 11) is 1.48. The molecular weight excluding hydrogens is 490 g/mol. The molecule has 2 atom stereocenters. The fourth-order valence-electron chi connectivity index (χ4n) is 5.71. The Morgan fingerprint density at radius 2 is 1.89 bits per heavy atom. The van der Waals surface area contributed by atoms with E-state index >= 15 is 0 Å². The Hall–Kier alpha value is -2.00. The molecule has 4 rings (SSSR count). The zero-order valence-electron chi connectivity index (χ0n) is 21.0. The average Bonchev–Trinajstić information content (AvgIpc) is 3.17. The van der Waals surface area contributed by atoms with Gasteiger partial charge in [0.2, 0.25) is 5.91 Å². The number of carbonyl (C=O) groups is 2. The maximum Gasteiger partial charge on any atom is 0.335 e. The van der Waals surface area contributed by atoms with E-state index in [1.807, 2.05) is 6.07 Å². The maximum absolute atomic E-state index is 13.0. The van der Waals surface area contributed by atoms with Gasteiger partial charge in [0.15, 0.2) is 0 Å². The van der Waals surface area contributed by atoms with Crippen molar-refractivity contribution in [1.29, 1.82) is 0 Å². The molecule has 2 aliphatic heterocycles. The Morgan fingerprint density at radius 3 is 2.64 bits per heavy atom. The van der Waals surface area contributed by atoms with Gasteiger partial charge in [0.1, 0.15) is 0 Å². The van der Waals surface area contributed by atoms with Gasteiger partial charge in [0.25, 0.3) is 0 Å². The number of methoxy groups -OCH3 is 1. The molecule has 194 valence electrons. The van der Waals surface area contributed by atoms with Crippen molar-refractivity contribution in [2.45, 2.75) is 37.8 Å². The van der Waals surface area contributed by atoms with Gasteiger partial charge in [-0.1, -0.05) is 36.4 Å². The van der Waals surface area contributed by atoms with Crippen LogP contribution in [0.4, 0.5) is 0 Å². The summed E-state index contributed by atoms with van der Waals surface area (Å²) >= 11 is 8.53. The van der Waals surface area contributed by atoms with Crippen LogP contribution in [-0.2, 0) is 14.3 Å². The molecule has 1 fully saturated rings. The summed E-state index contributed by atoms with van der Waals surface area (Å²) in [6, 6.07) is 15.3. The topological polar surface area (TPSA) is 61.9 Å². The lowest BCUT2D eigenvalue weighted by Crippen LogP contribution is -2.45. The molecule has 2 aromatic rings. The molecule has 6 nitrogen and oxygen atoms in total. The molecule has 0 radical (unpaired) electrons. The molecule has 2 aliphatic rings. The molecule has 2 heterocycles. The third-order valence-electron chi connectivity index (χ3n) is 7.35. The van der Waals surface area contributed by atoms with E-state index in [0.717, 1.165) is 62.0 Å². The van der Waals surface area contributed by atoms with Gasteiger partial charge in [-0.25, -0.2) is 4.79 Å². The minimum absolute atomic E-state index is 0.0276. The predicted octanol–water partition coefficient (Wildman–Crippen LogP) is 3.67. The number of nitrogens with one attached hydrogen (secondary N) is 1. The van der Waals surface area contributed by atoms with Crippen LogP contribution in [0.1, 0.15) is 31.2 Å². The monoisotopic (exact) mass is 527 g/mol. The number of ether oxygens (including phenoxy) is 1. The van der Waals surface area contributed by atoms with Crippen molar-refractivity contribution in [2.75, 3.05) is 51.3 Å². The molecule has 1 amide bonds. The van der Waals surface area contributed by atoms with Crippen LogP contribution in [-0.4, -0.2) is 85.1 Å². The summed E-state index contributed by atoms with van der Waals surface area (Å²) in [4.78, 5) is 29.9. The van der Waals surface area contributed by atoms with Crippen LogP contribution >= 0.6 is 25.3 Å². The van der Waals surface area contributed by atoms with Gasteiger partial charge in [0.05, 0.1) is 19.2 Å². The number of thiol groups is 2. The van der Waals surface area contributed by atoms with Gasteiger partial charge in [-0.05, 0) is 60.2 Å². The molecule has 0 saturated carbocycles. The molecule has 2 aromatic carbocycles. The zero-order chi connectivity index (χ0) is 25.5. The number of amides is 1. The molecule has 1 saturated heterocycles. The number of carbonyl (C=O) groups excluding carboxylic acids is 2. The smallest absolute Gasteiger partial charge is 0.335 e. The van der Waals surface area contributed by atoms with E-state index in [-0.39, 0.29) is 17.9 Å². The fraction of sp³-hybridized carbons (Fsp3) is 0.500. The van der Waals surface area contributed by atoms with E-state index in [1.54, 1.807) is 0 Å². The molecule has 36 heavy (non-hydrogen) atoms. The third kappa shape index (κ3) is 6.28. The molecule has 2 bridgehead atoms. The van der Waals surface area contributed by atoms with E-state index in [1.165, 1.54) is 17.9 Å². The van der Waals surface area contributed by atoms with E-state index < -0.39 is 0 Å². The highest BCUT2D eigenvalue weighted by atomic mass is 32.1. The van der Waals surface area contributed by atoms with Gasteiger partial charge in [-0.15, -0.1) is 0 Å². The quantitative estimate of drug-likeness (QED) is 0.291. The maximum atomic E-state index is 13.0. The van der Waals surface area contributed by atoms with Crippen LogP contribution in [0.3, 0.4) is 0 Å². The van der Waals surface area contributed by atoms with Crippen LogP contribution in [0.5, 0.6) is 0 Å². The van der Waals surface area contributed by atoms with Crippen molar-refractivity contribution in [3.63, 3.8) is 0 Å². The first kappa shape index (κ1) is 27.0. The lowest BCUT2D eigenvalue weighted by atomic mass is 9.87. The lowest BCUT2D eigenvalue weighted by molar-refractivity contribution is -0.137. The van der Waals surface area contributed by atoms with Crippen molar-refractivity contribution < 1.29 is 14.3 Å². The summed E-state index contributed by atoms with van der Waals surface area (Å²) in [5.41, 5.74) is 3.08. The van der Waals surface area contributed by atoms with E-state index in [4.69, 9.17) is 4.74 Å². The van der Waals surface area contributed by atoms with Crippen molar-refractivity contribution in [1.82, 2.24) is 15.1 Å². The minimum Gasteiger partial charge on any atom is -0.466 e. The van der Waals surface area contributed by atoms with Gasteiger partial charge in [0, 0.05) is 43.2 Å². The fourth-order valence-corrected chi connectivity index (χ4v) is 6.11. The normalized spacial score (nSPS) is 19.8. The first-order valence-electron chi connectivity index (χ1n) is 12.8. The molecule has 0 unspecified atom stereocenters. The van der Waals surface area contributed by atoms with Crippen molar-refractivity contribution in [3.05, 3.63) is 53.6 Å². The van der Waals surface area contributed by atoms with Crippen molar-refractivity contribution in [2.24, 2.45) is 0 Å². The molecular formula is C28H37N3O3S2. The predicted molar refractivity (Wildman–Crippen MR) is 153 cm³/mol. The Balaban J connectivity index is 1.48. The second-order valence-electron chi connectivity index (χ2n) is 9.56. The Kier molecular flexibility index (Phi) is 9.76. The summed E-state index contributed by atoms with van der Waals surface area (Å²) in [6.45, 7) is 3.43. The second kappa shape index (κ2) is 13.0. The van der Waals surface area contributed by atoms with E-state index in [9.17, 15) is 9.59 Å². The number of fused-ring (bicyclic) bond motifs is 3. The third-order valence-corrected chi connectivity index (χ3v) is 7.78. The molecule has 0 aromatic heterocycles. The van der Waals surface area contributed by atoms with Crippen LogP contribution in [0, 0.1) is 0 Å². The molecule has 0 spiro atoms. The largest absolute Gasteiger partial charge is 0.466 e. The van der Waals surface area contributed by atoms with Crippen LogP contribution < -0.4 is 5.32 Å². The first-order valence-corrected chi connectivity index (χ1v) is 14.1. The van der Waals surface area contributed by atoms with E-state index in [2.05, 4.69) is 76.8 Å². The highest BCUT2D eigenvalue weighted by Gasteiger charge is 2.44. The minimum atomic E-state index is -0.217. The molecule has 8 heteroatoms. The Labute approximate surface area is 225 Å². The standard InChI is InChI=1S/C28H37N3O3S2/c1-34-28(33)27-24(22-8-7-20-5-2-3-6-21(20)17-22)18-23-9-10-25(27)31(23)13-4-12-30(14-16-36)19-26(32)29-11-15-35/h2-3,5-8,17,23,25,35-36H,4,9-16,18-19H2,1H3,(H,29,32)/t23-,25+/m0/s1. The van der Waals surface area contributed by atoms with Gasteiger partial charge < -0.3 is 10.1 Å². The number of benzene rings is 2. The van der Waals surface area contributed by atoms with Gasteiger partial charge >= 0.3 is 5.97 Å². The Bertz CT molecular complexity index is 1110. The van der Waals surface area contributed by atoms with E-state index in [0.29, 0.717) is 30.6 Å². The van der Waals surface area contributed by atoms with Crippen LogP contribution in [0.2, 0.25) is 0 Å². The summed E-state index contributed by atoms with van der Waals surface area (Å²) in [5, 5.41) is 5.28. The highest BCUT2D eigenvalue weighted by molar-refractivity contribution is 7.80. The lowest BCUT2D eigenvalue weighted by Gasteiger charge is -2.37. The molecule has 0 aliphatic carbocycles. The molecule has 1 N–H and O–H groups in total. The van der Waals surface area contributed by atoms with Crippen LogP contribution in [0.25, 0.3) is 16.3 Å². The van der Waals surface area contributed by atoms with Gasteiger partial charge in [-0.2, -0.15) is 25.3 Å². The summed E-state index contributed by atoms with van der Waals surface area (Å²) in [5.74, 6) is 1.15. The number of esters is 1. The number of hydrogen-bond donors (Lipinski definition) is 3. The zero-order valence-corrected chi connectivity index (χ0v) is 22.8. The van der Waals surface area contributed by atoms with Crippen LogP contribution in [0.15, 0.2) is 48.0 Å². The Morgan fingerprint density at radius 1 is 1.08 bits per heavy atom. The number of rotatable bonds is 12. The summed E-state index contributed by atoms with van der Waals surface area (Å²) < 4.78 is 5.29. The average molecular weight is 528 g/mol.